The molecule has 0 heterocycles. The van der Waals surface area contributed by atoms with Crippen LogP contribution in [0.1, 0.15) is 37.3 Å². The van der Waals surface area contributed by atoms with Gasteiger partial charge in [0.25, 0.3) is 0 Å². The first-order valence-electron chi connectivity index (χ1n) is 7.18. The zero-order chi connectivity index (χ0) is 15.7. The second-order valence-corrected chi connectivity index (χ2v) is 6.10. The van der Waals surface area contributed by atoms with Crippen molar-refractivity contribution >= 4 is 23.6 Å². The van der Waals surface area contributed by atoms with E-state index in [1.54, 1.807) is 0 Å². The number of rotatable bonds is 9. The highest BCUT2D eigenvalue weighted by atomic mass is 32.2. The minimum Gasteiger partial charge on any atom is -0.481 e. The highest BCUT2D eigenvalue weighted by Crippen LogP contribution is 2.19. The molecule has 0 aliphatic rings. The van der Waals surface area contributed by atoms with Gasteiger partial charge in [-0.3, -0.25) is 9.59 Å². The number of aliphatic carboxylic acids is 1. The molecule has 0 aliphatic heterocycles. The summed E-state index contributed by atoms with van der Waals surface area (Å²) >= 11 is 1.31. The molecule has 0 saturated heterocycles. The first-order chi connectivity index (χ1) is 10.0. The van der Waals surface area contributed by atoms with Gasteiger partial charge in [-0.1, -0.05) is 38.1 Å². The van der Waals surface area contributed by atoms with E-state index in [0.29, 0.717) is 18.7 Å². The average molecular weight is 309 g/mol. The lowest BCUT2D eigenvalue weighted by Gasteiger charge is -2.12. The predicted molar refractivity (Wildman–Crippen MR) is 86.8 cm³/mol. The Balaban J connectivity index is 2.28. The lowest BCUT2D eigenvalue weighted by Crippen LogP contribution is -2.27. The quantitative estimate of drug-likeness (QED) is 0.688. The Morgan fingerprint density at radius 3 is 2.52 bits per heavy atom. The molecule has 1 aromatic rings. The van der Waals surface area contributed by atoms with Crippen LogP contribution in [0, 0.1) is 0 Å². The fraction of sp³-hybridized carbons (Fsp3) is 0.500. The summed E-state index contributed by atoms with van der Waals surface area (Å²) in [6.07, 6.45) is 1.47. The van der Waals surface area contributed by atoms with Crippen LogP contribution >= 0.6 is 11.8 Å². The third-order valence-electron chi connectivity index (χ3n) is 3.24. The summed E-state index contributed by atoms with van der Waals surface area (Å²) in [5, 5.41) is 11.3. The molecule has 116 valence electrons. The summed E-state index contributed by atoms with van der Waals surface area (Å²) < 4.78 is 0. The van der Waals surface area contributed by atoms with Gasteiger partial charge in [-0.05, 0) is 23.5 Å². The maximum absolute atomic E-state index is 11.8. The molecule has 0 bridgehead atoms. The second kappa shape index (κ2) is 9.45. The molecule has 1 amide bonds. The van der Waals surface area contributed by atoms with E-state index in [1.807, 2.05) is 6.92 Å². The molecule has 0 aliphatic carbocycles. The van der Waals surface area contributed by atoms with E-state index in [9.17, 15) is 9.59 Å². The third kappa shape index (κ3) is 7.18. The standard InChI is InChI=1S/C16H23NO3S/c1-3-13-4-6-14(7-5-13)12(2)10-15(18)17-8-9-21-11-16(19)20/h4-7,12H,3,8-11H2,1-2H3,(H,17,18)(H,19,20). The van der Waals surface area contributed by atoms with E-state index in [0.717, 1.165) is 6.42 Å². The fourth-order valence-electron chi connectivity index (χ4n) is 1.97. The maximum Gasteiger partial charge on any atom is 0.313 e. The molecule has 1 atom stereocenters. The van der Waals surface area contributed by atoms with Gasteiger partial charge >= 0.3 is 5.97 Å². The molecule has 2 N–H and O–H groups in total. The number of aryl methyl sites for hydroxylation is 1. The van der Waals surface area contributed by atoms with Crippen LogP contribution in [0.25, 0.3) is 0 Å². The van der Waals surface area contributed by atoms with Gasteiger partial charge in [0.2, 0.25) is 5.91 Å². The van der Waals surface area contributed by atoms with E-state index in [-0.39, 0.29) is 17.6 Å². The molecule has 1 aromatic carbocycles. The number of carbonyl (C=O) groups is 2. The first kappa shape index (κ1) is 17.6. The van der Waals surface area contributed by atoms with Crippen LogP contribution < -0.4 is 5.32 Å². The zero-order valence-corrected chi connectivity index (χ0v) is 13.4. The third-order valence-corrected chi connectivity index (χ3v) is 4.19. The molecule has 21 heavy (non-hydrogen) atoms. The molecule has 1 unspecified atom stereocenters. The van der Waals surface area contributed by atoms with Gasteiger partial charge in [-0.25, -0.2) is 0 Å². The van der Waals surface area contributed by atoms with Crippen LogP contribution in [-0.4, -0.2) is 35.0 Å². The predicted octanol–water partition coefficient (Wildman–Crippen LogP) is 2.68. The number of amides is 1. The normalized spacial score (nSPS) is 11.9. The molecule has 0 aromatic heterocycles. The van der Waals surface area contributed by atoms with E-state index in [1.165, 1.54) is 22.9 Å². The number of hydrogen-bond donors (Lipinski definition) is 2. The van der Waals surface area contributed by atoms with Crippen molar-refractivity contribution in [2.45, 2.75) is 32.6 Å². The molecular formula is C16H23NO3S. The molecule has 1 rings (SSSR count). The van der Waals surface area contributed by atoms with Gasteiger partial charge in [0.05, 0.1) is 5.75 Å². The van der Waals surface area contributed by atoms with Crippen molar-refractivity contribution in [2.24, 2.45) is 0 Å². The number of thioether (sulfide) groups is 1. The molecule has 0 saturated carbocycles. The van der Waals surface area contributed by atoms with Crippen molar-refractivity contribution in [3.8, 4) is 0 Å². The van der Waals surface area contributed by atoms with E-state index in [2.05, 4.69) is 36.5 Å². The molecule has 0 radical (unpaired) electrons. The first-order valence-corrected chi connectivity index (χ1v) is 8.33. The number of carboxylic acid groups (broad SMARTS) is 1. The van der Waals surface area contributed by atoms with Crippen LogP contribution in [0.3, 0.4) is 0 Å². The highest BCUT2D eigenvalue weighted by molar-refractivity contribution is 7.99. The summed E-state index contributed by atoms with van der Waals surface area (Å²) in [5.74, 6) is 0.0734. The van der Waals surface area contributed by atoms with Crippen molar-refractivity contribution in [1.29, 1.82) is 0 Å². The summed E-state index contributed by atoms with van der Waals surface area (Å²) in [6.45, 7) is 4.67. The largest absolute Gasteiger partial charge is 0.481 e. The van der Waals surface area contributed by atoms with E-state index >= 15 is 0 Å². The molecule has 0 fully saturated rings. The van der Waals surface area contributed by atoms with Crippen LogP contribution in [0.2, 0.25) is 0 Å². The van der Waals surface area contributed by atoms with E-state index < -0.39 is 5.97 Å². The second-order valence-electron chi connectivity index (χ2n) is 5.00. The fourth-order valence-corrected chi connectivity index (χ4v) is 2.54. The number of carboxylic acids is 1. The van der Waals surface area contributed by atoms with Gasteiger partial charge in [0.15, 0.2) is 0 Å². The average Bonchev–Trinajstić information content (AvgIpc) is 2.46. The summed E-state index contributed by atoms with van der Waals surface area (Å²) in [5.41, 5.74) is 2.47. The summed E-state index contributed by atoms with van der Waals surface area (Å²) in [4.78, 5) is 22.1. The van der Waals surface area contributed by atoms with Gasteiger partial charge in [-0.15, -0.1) is 11.8 Å². The Labute approximate surface area is 130 Å². The van der Waals surface area contributed by atoms with Gasteiger partial charge < -0.3 is 10.4 Å². The Hall–Kier alpha value is -1.49. The molecule has 0 spiro atoms. The molecule has 4 nitrogen and oxygen atoms in total. The van der Waals surface area contributed by atoms with Crippen LogP contribution in [0.15, 0.2) is 24.3 Å². The van der Waals surface area contributed by atoms with Crippen molar-refractivity contribution in [3.63, 3.8) is 0 Å². The number of hydrogen-bond acceptors (Lipinski definition) is 3. The number of nitrogens with one attached hydrogen (secondary N) is 1. The lowest BCUT2D eigenvalue weighted by molar-refractivity contribution is -0.133. The smallest absolute Gasteiger partial charge is 0.313 e. The summed E-state index contributed by atoms with van der Waals surface area (Å²) in [6, 6.07) is 8.37. The minimum absolute atomic E-state index is 0.0120. The Kier molecular flexibility index (Phi) is 7.90. The van der Waals surface area contributed by atoms with Crippen LogP contribution in [0.4, 0.5) is 0 Å². The van der Waals surface area contributed by atoms with Crippen molar-refractivity contribution in [1.82, 2.24) is 5.32 Å². The highest BCUT2D eigenvalue weighted by Gasteiger charge is 2.10. The Morgan fingerprint density at radius 2 is 1.95 bits per heavy atom. The minimum atomic E-state index is -0.824. The number of benzene rings is 1. The van der Waals surface area contributed by atoms with Gasteiger partial charge in [0, 0.05) is 18.7 Å². The zero-order valence-electron chi connectivity index (χ0n) is 12.6. The SMILES string of the molecule is CCc1ccc(C(C)CC(=O)NCCSCC(=O)O)cc1. The van der Waals surface area contributed by atoms with Gasteiger partial charge in [-0.2, -0.15) is 0 Å². The van der Waals surface area contributed by atoms with Crippen LogP contribution in [0.5, 0.6) is 0 Å². The van der Waals surface area contributed by atoms with Crippen molar-refractivity contribution < 1.29 is 14.7 Å². The topological polar surface area (TPSA) is 66.4 Å². The maximum atomic E-state index is 11.8. The Morgan fingerprint density at radius 1 is 1.29 bits per heavy atom. The van der Waals surface area contributed by atoms with Crippen LogP contribution in [-0.2, 0) is 16.0 Å². The monoisotopic (exact) mass is 309 g/mol. The Bertz CT molecular complexity index is 459. The van der Waals surface area contributed by atoms with E-state index in [4.69, 9.17) is 5.11 Å². The molecular weight excluding hydrogens is 286 g/mol. The van der Waals surface area contributed by atoms with Crippen molar-refractivity contribution in [2.75, 3.05) is 18.1 Å². The van der Waals surface area contributed by atoms with Crippen molar-refractivity contribution in [3.05, 3.63) is 35.4 Å². The van der Waals surface area contributed by atoms with Gasteiger partial charge in [0.1, 0.15) is 0 Å². The summed E-state index contributed by atoms with van der Waals surface area (Å²) in [7, 11) is 0. The molecule has 5 heteroatoms. The lowest BCUT2D eigenvalue weighted by atomic mass is 9.96. The number of carbonyl (C=O) groups excluding carboxylic acids is 1.